The Kier molecular flexibility index (Phi) is 5.58. The first-order chi connectivity index (χ1) is 11.1. The minimum absolute atomic E-state index is 0.0793. The van der Waals surface area contributed by atoms with Crippen LogP contribution in [0.2, 0.25) is 0 Å². The average Bonchev–Trinajstić information content (AvgIpc) is 2.59. The van der Waals surface area contributed by atoms with E-state index in [4.69, 9.17) is 9.47 Å². The van der Waals surface area contributed by atoms with Crippen LogP contribution in [0.4, 0.5) is 0 Å². The molecule has 0 fully saturated rings. The maximum atomic E-state index is 12.3. The van der Waals surface area contributed by atoms with E-state index < -0.39 is 0 Å². The molecule has 3 heteroatoms. The Bertz CT molecular complexity index is 715. The van der Waals surface area contributed by atoms with Gasteiger partial charge in [0.2, 0.25) is 0 Å². The summed E-state index contributed by atoms with van der Waals surface area (Å²) in [4.78, 5) is 12.3. The Morgan fingerprint density at radius 2 is 1.70 bits per heavy atom. The summed E-state index contributed by atoms with van der Waals surface area (Å²) in [6.07, 6.45) is 3.39. The van der Waals surface area contributed by atoms with Crippen LogP contribution in [0.15, 0.2) is 48.5 Å². The van der Waals surface area contributed by atoms with Gasteiger partial charge in [0.1, 0.15) is 11.5 Å². The Balaban J connectivity index is 2.26. The van der Waals surface area contributed by atoms with E-state index in [0.29, 0.717) is 17.2 Å². The predicted octanol–water partition coefficient (Wildman–Crippen LogP) is 4.72. The van der Waals surface area contributed by atoms with Gasteiger partial charge in [-0.15, -0.1) is 0 Å². The largest absolute Gasteiger partial charge is 0.496 e. The summed E-state index contributed by atoms with van der Waals surface area (Å²) in [6.45, 7) is 4.23. The van der Waals surface area contributed by atoms with E-state index in [2.05, 4.69) is 19.9 Å². The molecule has 23 heavy (non-hydrogen) atoms. The minimum Gasteiger partial charge on any atom is -0.496 e. The smallest absolute Gasteiger partial charge is 0.189 e. The molecule has 0 aliphatic carbocycles. The van der Waals surface area contributed by atoms with E-state index in [-0.39, 0.29) is 5.78 Å². The monoisotopic (exact) mass is 310 g/mol. The molecule has 0 radical (unpaired) electrons. The highest BCUT2D eigenvalue weighted by Crippen LogP contribution is 2.28. The molecule has 0 spiro atoms. The van der Waals surface area contributed by atoms with Crippen LogP contribution in [0.5, 0.6) is 11.5 Å². The van der Waals surface area contributed by atoms with Crippen molar-refractivity contribution in [3.63, 3.8) is 0 Å². The number of hydrogen-bond donors (Lipinski definition) is 0. The van der Waals surface area contributed by atoms with Crippen LogP contribution in [-0.4, -0.2) is 20.0 Å². The van der Waals surface area contributed by atoms with Crippen LogP contribution in [0.1, 0.15) is 41.3 Å². The molecule has 0 heterocycles. The fraction of sp³-hybridized carbons (Fsp3) is 0.250. The summed E-state index contributed by atoms with van der Waals surface area (Å²) in [5.74, 6) is 1.72. The second-order valence-corrected chi connectivity index (χ2v) is 5.55. The highest BCUT2D eigenvalue weighted by molar-refractivity contribution is 6.08. The normalized spacial score (nSPS) is 11.0. The van der Waals surface area contributed by atoms with E-state index in [0.717, 1.165) is 16.9 Å². The van der Waals surface area contributed by atoms with E-state index in [1.165, 1.54) is 0 Å². The lowest BCUT2D eigenvalue weighted by molar-refractivity contribution is 0.104. The van der Waals surface area contributed by atoms with Crippen LogP contribution >= 0.6 is 0 Å². The minimum atomic E-state index is -0.0793. The maximum absolute atomic E-state index is 12.3. The fourth-order valence-electron chi connectivity index (χ4n) is 2.42. The molecule has 0 saturated heterocycles. The number of carbonyl (C=O) groups is 1. The van der Waals surface area contributed by atoms with Crippen LogP contribution in [0.3, 0.4) is 0 Å². The molecule has 0 N–H and O–H groups in total. The third kappa shape index (κ3) is 4.01. The van der Waals surface area contributed by atoms with E-state index in [1.807, 2.05) is 30.3 Å². The zero-order valence-corrected chi connectivity index (χ0v) is 14.0. The van der Waals surface area contributed by atoms with E-state index >= 15 is 0 Å². The lowest BCUT2D eigenvalue weighted by Gasteiger charge is -2.12. The number of carbonyl (C=O) groups excluding carboxylic acids is 1. The molecular formula is C20H22O3. The molecule has 0 aromatic heterocycles. The van der Waals surface area contributed by atoms with Crippen molar-refractivity contribution in [1.82, 2.24) is 0 Å². The van der Waals surface area contributed by atoms with Crippen molar-refractivity contribution >= 4 is 11.9 Å². The van der Waals surface area contributed by atoms with Gasteiger partial charge >= 0.3 is 0 Å². The predicted molar refractivity (Wildman–Crippen MR) is 93.4 cm³/mol. The van der Waals surface area contributed by atoms with Crippen LogP contribution in [0.25, 0.3) is 6.08 Å². The molecule has 0 unspecified atom stereocenters. The van der Waals surface area contributed by atoms with Gasteiger partial charge in [-0.1, -0.05) is 38.1 Å². The van der Waals surface area contributed by atoms with Gasteiger partial charge in [0.25, 0.3) is 0 Å². The zero-order valence-electron chi connectivity index (χ0n) is 14.0. The number of benzene rings is 2. The zero-order chi connectivity index (χ0) is 16.8. The second-order valence-electron chi connectivity index (χ2n) is 5.55. The standard InChI is InChI=1S/C20H22O3/c1-14(2)17-13-15(10-12-20(17)23-4)9-11-18(21)16-7-5-6-8-19(16)22-3/h5-14H,1-4H3/b11-9+. The molecule has 0 amide bonds. The summed E-state index contributed by atoms with van der Waals surface area (Å²) in [5, 5.41) is 0. The van der Waals surface area contributed by atoms with Gasteiger partial charge in [-0.2, -0.15) is 0 Å². The third-order valence-corrected chi connectivity index (χ3v) is 3.68. The van der Waals surface area contributed by atoms with Crippen molar-refractivity contribution in [1.29, 1.82) is 0 Å². The van der Waals surface area contributed by atoms with Crippen molar-refractivity contribution < 1.29 is 14.3 Å². The third-order valence-electron chi connectivity index (χ3n) is 3.68. The SMILES string of the molecule is COc1ccccc1C(=O)/C=C/c1ccc(OC)c(C(C)C)c1. The Morgan fingerprint density at radius 3 is 2.35 bits per heavy atom. The average molecular weight is 310 g/mol. The number of para-hydroxylation sites is 1. The molecule has 120 valence electrons. The van der Waals surface area contributed by atoms with Crippen molar-refractivity contribution in [3.05, 3.63) is 65.2 Å². The first kappa shape index (κ1) is 16.8. The maximum Gasteiger partial charge on any atom is 0.189 e. The van der Waals surface area contributed by atoms with Gasteiger partial charge in [-0.25, -0.2) is 0 Å². The van der Waals surface area contributed by atoms with E-state index in [1.54, 1.807) is 32.4 Å². The van der Waals surface area contributed by atoms with Crippen molar-refractivity contribution in [2.75, 3.05) is 14.2 Å². The van der Waals surface area contributed by atoms with Gasteiger partial charge in [0, 0.05) is 0 Å². The highest BCUT2D eigenvalue weighted by atomic mass is 16.5. The summed E-state index contributed by atoms with van der Waals surface area (Å²) in [5.41, 5.74) is 2.65. The second kappa shape index (κ2) is 7.63. The van der Waals surface area contributed by atoms with E-state index in [9.17, 15) is 4.79 Å². The Morgan fingerprint density at radius 1 is 1.00 bits per heavy atom. The lowest BCUT2D eigenvalue weighted by atomic mass is 9.99. The first-order valence-electron chi connectivity index (χ1n) is 7.60. The van der Waals surface area contributed by atoms with Crippen LogP contribution in [0, 0.1) is 0 Å². The summed E-state index contributed by atoms with van der Waals surface area (Å²) >= 11 is 0. The number of ketones is 1. The molecule has 2 aromatic carbocycles. The lowest BCUT2D eigenvalue weighted by Crippen LogP contribution is -1.98. The van der Waals surface area contributed by atoms with Gasteiger partial charge in [0.15, 0.2) is 5.78 Å². The Labute approximate surface area is 137 Å². The molecule has 0 bridgehead atoms. The highest BCUT2D eigenvalue weighted by Gasteiger charge is 2.09. The fourth-order valence-corrected chi connectivity index (χ4v) is 2.42. The Hall–Kier alpha value is -2.55. The summed E-state index contributed by atoms with van der Waals surface area (Å²) in [6, 6.07) is 13.1. The summed E-state index contributed by atoms with van der Waals surface area (Å²) in [7, 11) is 3.23. The molecule has 3 nitrogen and oxygen atoms in total. The molecule has 0 atom stereocenters. The van der Waals surface area contributed by atoms with Crippen molar-refractivity contribution in [2.45, 2.75) is 19.8 Å². The van der Waals surface area contributed by atoms with Crippen LogP contribution < -0.4 is 9.47 Å². The van der Waals surface area contributed by atoms with Gasteiger partial charge in [-0.3, -0.25) is 4.79 Å². The first-order valence-corrected chi connectivity index (χ1v) is 7.60. The van der Waals surface area contributed by atoms with Gasteiger partial charge in [0.05, 0.1) is 19.8 Å². The van der Waals surface area contributed by atoms with Gasteiger partial charge in [-0.05, 0) is 47.4 Å². The molecule has 0 saturated carbocycles. The number of allylic oxidation sites excluding steroid dienone is 1. The van der Waals surface area contributed by atoms with Crippen molar-refractivity contribution in [3.8, 4) is 11.5 Å². The number of methoxy groups -OCH3 is 2. The van der Waals surface area contributed by atoms with Crippen molar-refractivity contribution in [2.24, 2.45) is 0 Å². The molecule has 0 aliphatic heterocycles. The van der Waals surface area contributed by atoms with Gasteiger partial charge < -0.3 is 9.47 Å². The molecular weight excluding hydrogens is 288 g/mol. The number of rotatable bonds is 6. The van der Waals surface area contributed by atoms with Crippen LogP contribution in [-0.2, 0) is 0 Å². The number of ether oxygens (including phenoxy) is 2. The topological polar surface area (TPSA) is 35.5 Å². The molecule has 2 aromatic rings. The quantitative estimate of drug-likeness (QED) is 0.572. The summed E-state index contributed by atoms with van der Waals surface area (Å²) < 4.78 is 10.6. The molecule has 0 aliphatic rings. The number of hydrogen-bond acceptors (Lipinski definition) is 3. The molecule has 2 rings (SSSR count).